The van der Waals surface area contributed by atoms with Gasteiger partial charge in [-0.05, 0) is 88.4 Å². The van der Waals surface area contributed by atoms with Crippen LogP contribution in [-0.2, 0) is 116 Å². The minimum atomic E-state index is -5.86. The molecule has 2 amide bonds. The highest BCUT2D eigenvalue weighted by Crippen LogP contribution is 2.66. The van der Waals surface area contributed by atoms with E-state index in [-0.39, 0.29) is 151 Å². The lowest BCUT2D eigenvalue weighted by molar-refractivity contribution is -0.437. The van der Waals surface area contributed by atoms with E-state index in [1.807, 2.05) is 25.7 Å². The first kappa shape index (κ1) is 90.2. The van der Waals surface area contributed by atoms with Crippen molar-refractivity contribution < 1.29 is 151 Å². The number of aromatic nitrogens is 2. The lowest BCUT2D eigenvalue weighted by Crippen LogP contribution is -2.36. The number of nitrogen functional groups attached to an aromatic ring is 1. The monoisotopic (exact) mass is 1660 g/mol. The fraction of sp³-hybridized carbons (Fsp3) is 0.583. The number of hydrogen-bond donors (Lipinski definition) is 13. The first-order valence-corrected chi connectivity index (χ1v) is 43.5. The van der Waals surface area contributed by atoms with Crippen molar-refractivity contribution in [3.8, 4) is 11.8 Å². The third kappa shape index (κ3) is 28.5. The van der Waals surface area contributed by atoms with Crippen LogP contribution in [0.4, 0.5) is 17.2 Å². The predicted octanol–water partition coefficient (Wildman–Crippen LogP) is 1.53. The number of ether oxygens (including phenoxy) is 6. The van der Waals surface area contributed by atoms with Crippen molar-refractivity contribution in [2.45, 2.75) is 124 Å². The summed E-state index contributed by atoms with van der Waals surface area (Å²) in [6.45, 7) is 6.95. The number of benzene rings is 2. The van der Waals surface area contributed by atoms with Crippen molar-refractivity contribution >= 4 is 98.7 Å². The molecule has 14 N–H and O–H groups in total. The fourth-order valence-corrected chi connectivity index (χ4v) is 16.7. The second-order valence-corrected chi connectivity index (χ2v) is 35.4. The van der Waals surface area contributed by atoms with Crippen LogP contribution in [0.25, 0.3) is 0 Å². The largest absolute Gasteiger partial charge is 0.490 e. The van der Waals surface area contributed by atoms with Crippen molar-refractivity contribution in [2.75, 3.05) is 121 Å². The van der Waals surface area contributed by atoms with Gasteiger partial charge in [-0.1, -0.05) is 30.8 Å². The van der Waals surface area contributed by atoms with Crippen LogP contribution in [0.15, 0.2) is 81.1 Å². The van der Waals surface area contributed by atoms with Crippen LogP contribution < -0.4 is 27.0 Å². The zero-order valence-electron chi connectivity index (χ0n) is 58.2. The van der Waals surface area contributed by atoms with Gasteiger partial charge in [0.15, 0.2) is 11.9 Å². The smallest absolute Gasteiger partial charge is 0.387 e. The van der Waals surface area contributed by atoms with Crippen LogP contribution >= 0.6 is 23.5 Å². The summed E-state index contributed by atoms with van der Waals surface area (Å²) >= 11 is 0. The molecule has 3 aliphatic heterocycles. The normalized spacial score (nSPS) is 20.4. The number of amides is 2. The molecule has 4 heterocycles. The second-order valence-electron chi connectivity index (χ2n) is 25.0. The molecule has 0 spiro atoms. The second kappa shape index (κ2) is 39.5. The summed E-state index contributed by atoms with van der Waals surface area (Å²) in [6, 6.07) is 8.22. The SMILES string of the molecule is CC1(C)C(C=CC=C2N(CCCCCC(=O)NCCOCCOCCOCCOCCOCCC(=O)NCC#Cc3cn([C@@H]4O[C@H](COP(=O)(O)OP(=O)(O)OP(=O)(O)O)[C@@H](O)[C@H]4O)c(=O)nc3N)c3ccc(S(=O)(=O)O)cc3C2(C)CCCCS(=O)(=O)O)=[N+](CCCS(=O)(=O)O)c2ccc(S(=O)(=O)O)cc21. The Morgan fingerprint density at radius 1 is 0.701 bits per heavy atom. The van der Waals surface area contributed by atoms with Gasteiger partial charge in [0.05, 0.1) is 111 Å². The van der Waals surface area contributed by atoms with Gasteiger partial charge in [-0.2, -0.15) is 51.9 Å². The average Bonchev–Trinajstić information content (AvgIpc) is 1.58. The number of anilines is 2. The van der Waals surface area contributed by atoms with Crippen molar-refractivity contribution in [1.82, 2.24) is 20.2 Å². The number of carbonyl (C=O) groups is 2. The molecule has 0 bridgehead atoms. The van der Waals surface area contributed by atoms with Crippen LogP contribution in [0.1, 0.15) is 101 Å². The molecule has 6 rings (SSSR count). The third-order valence-corrected chi connectivity index (χ3v) is 23.7. The molecule has 107 heavy (non-hydrogen) atoms. The number of rotatable bonds is 46. The molecule has 0 saturated carbocycles. The summed E-state index contributed by atoms with van der Waals surface area (Å²) < 4.78 is 217. The van der Waals surface area contributed by atoms with E-state index in [9.17, 15) is 100.0 Å². The molecule has 3 aliphatic rings. The van der Waals surface area contributed by atoms with E-state index in [0.717, 1.165) is 6.20 Å². The molecule has 0 radical (unpaired) electrons. The van der Waals surface area contributed by atoms with E-state index in [1.165, 1.54) is 30.3 Å². The number of phosphoric ester groups is 1. The number of fused-ring (bicyclic) bond motifs is 2. The van der Waals surface area contributed by atoms with E-state index >= 15 is 0 Å². The van der Waals surface area contributed by atoms with Crippen molar-refractivity contribution in [3.05, 3.63) is 93.7 Å². The number of hydrogen-bond acceptors (Lipinski definition) is 28. The van der Waals surface area contributed by atoms with E-state index in [4.69, 9.17) is 43.9 Å². The molecule has 40 nitrogen and oxygen atoms in total. The van der Waals surface area contributed by atoms with Crippen LogP contribution in [0.3, 0.4) is 0 Å². The fourth-order valence-electron chi connectivity index (χ4n) is 11.6. The first-order chi connectivity index (χ1) is 49.8. The Morgan fingerprint density at radius 3 is 1.87 bits per heavy atom. The Balaban J connectivity index is 0.853. The van der Waals surface area contributed by atoms with E-state index in [0.29, 0.717) is 64.3 Å². The van der Waals surface area contributed by atoms with Gasteiger partial charge in [-0.3, -0.25) is 36.9 Å². The Kier molecular flexibility index (Phi) is 33.3. The average molecular weight is 1660 g/mol. The molecule has 47 heteroatoms. The maximum atomic E-state index is 12.8. The van der Waals surface area contributed by atoms with Gasteiger partial charge in [-0.15, -0.1) is 0 Å². The highest BCUT2D eigenvalue weighted by atomic mass is 32.2. The molecule has 1 aromatic heterocycles. The van der Waals surface area contributed by atoms with Crippen LogP contribution in [0, 0.1) is 11.8 Å². The minimum Gasteiger partial charge on any atom is -0.387 e. The summed E-state index contributed by atoms with van der Waals surface area (Å²) in [5.41, 5.74) is 5.98. The molecule has 600 valence electrons. The predicted molar refractivity (Wildman–Crippen MR) is 377 cm³/mol. The van der Waals surface area contributed by atoms with Gasteiger partial charge >= 0.3 is 29.2 Å². The van der Waals surface area contributed by atoms with Gasteiger partial charge in [0.25, 0.3) is 40.5 Å². The Labute approximate surface area is 617 Å². The van der Waals surface area contributed by atoms with E-state index in [1.54, 1.807) is 28.9 Å². The molecule has 2 aromatic carbocycles. The third-order valence-electron chi connectivity index (χ3n) is 16.6. The number of aliphatic hydroxyl groups is 2. The number of nitrogens with two attached hydrogens (primary N) is 1. The van der Waals surface area contributed by atoms with Crippen LogP contribution in [-0.4, -0.2) is 242 Å². The number of unbranched alkanes of at least 4 members (excludes halogenated alkanes) is 3. The number of allylic oxidation sites excluding steroid dienone is 4. The van der Waals surface area contributed by atoms with Crippen LogP contribution in [0.5, 0.6) is 0 Å². The molecule has 3 unspecified atom stereocenters. The minimum absolute atomic E-state index is 0.0282. The number of nitrogens with one attached hydrogen (secondary N) is 2. The van der Waals surface area contributed by atoms with Crippen LogP contribution in [0.2, 0.25) is 0 Å². The molecule has 7 atom stereocenters. The number of aliphatic hydroxyl groups excluding tert-OH is 2. The highest BCUT2D eigenvalue weighted by molar-refractivity contribution is 7.86. The Hall–Kier alpha value is -5.70. The summed E-state index contributed by atoms with van der Waals surface area (Å²) in [4.78, 5) is 79.1. The highest BCUT2D eigenvalue weighted by Gasteiger charge is 2.49. The Bertz CT molecular complexity index is 4490. The van der Waals surface area contributed by atoms with E-state index in [2.05, 4.69) is 40.6 Å². The molecule has 1 fully saturated rings. The van der Waals surface area contributed by atoms with Crippen molar-refractivity contribution in [2.24, 2.45) is 0 Å². The van der Waals surface area contributed by atoms with Gasteiger partial charge < -0.3 is 79.5 Å². The summed E-state index contributed by atoms with van der Waals surface area (Å²) in [5.74, 6) is 3.08. The maximum absolute atomic E-state index is 12.8. The maximum Gasteiger partial charge on any atom is 0.490 e. The standard InChI is InChI=1S/C60H88N7O33P3S4/c1-59(2)45-38-43(106(86,87)88)16-18-47(45)65(25-11-37-105(83,84)85)50(59)13-9-14-51-60(3,21-6-8-36-104(80,81)82)46-39-44(107(89,90)91)17-19-48(46)66(51)24-7-4-5-15-52(68)63-23-27-93-29-31-95-33-35-96-34-32-94-30-28-92-26-20-53(69)62-22-10-12-42-40-67(58(72)64-56(42)61)57-55(71)54(70)49(98-57)41-97-102(76,77)100-103(78,79)99-101(73,74)75/h9,13-14,16-19,38-40,49,54-55,57,70-71H,4-8,11,15,20-37,41H2,1-3H3,(H11-,61,62,63,64,68,69,72,73,74,75,76,77,78,79,80,81,82,83,84,85,86,87,88,89,90,91)/p+1/t49-,54-,55-,57-,60?/m1/s1. The van der Waals surface area contributed by atoms with Gasteiger partial charge in [-0.25, -0.2) is 18.5 Å². The topological polar surface area (TPSA) is 599 Å². The Morgan fingerprint density at radius 2 is 1.27 bits per heavy atom. The number of phosphoric acid groups is 3. The van der Waals surface area contributed by atoms with Gasteiger partial charge in [0, 0.05) is 73.1 Å². The summed E-state index contributed by atoms with van der Waals surface area (Å²) in [6.07, 6.45) is 1.22. The molecular weight excluding hydrogens is 1570 g/mol. The van der Waals surface area contributed by atoms with E-state index < -0.39 is 129 Å². The molecule has 0 aliphatic carbocycles. The summed E-state index contributed by atoms with van der Waals surface area (Å²) in [7, 11) is -35.2. The molecule has 3 aromatic rings. The first-order valence-electron chi connectivity index (χ1n) is 32.9. The summed E-state index contributed by atoms with van der Waals surface area (Å²) in [5, 5.41) is 26.4. The lowest BCUT2D eigenvalue weighted by Gasteiger charge is -2.30. The number of carbonyl (C=O) groups excluding carboxylic acids is 2. The van der Waals surface area contributed by atoms with Crippen molar-refractivity contribution in [3.63, 3.8) is 0 Å². The zero-order chi connectivity index (χ0) is 79.4. The molecule has 1 saturated heterocycles. The zero-order valence-corrected chi connectivity index (χ0v) is 64.1. The van der Waals surface area contributed by atoms with Crippen molar-refractivity contribution in [1.29, 1.82) is 0 Å². The lowest BCUT2D eigenvalue weighted by atomic mass is 9.77. The quantitative estimate of drug-likeness (QED) is 0.0125. The van der Waals surface area contributed by atoms with Gasteiger partial charge in [0.1, 0.15) is 30.7 Å². The molecular formula is C60H89N7O33P3S4+. The number of nitrogens with zero attached hydrogens (tertiary/aromatic N) is 4. The van der Waals surface area contributed by atoms with Gasteiger partial charge in [0.2, 0.25) is 17.5 Å².